The van der Waals surface area contributed by atoms with Crippen LogP contribution in [0.25, 0.3) is 0 Å². The number of ether oxygens (including phenoxy) is 1. The summed E-state index contributed by atoms with van der Waals surface area (Å²) in [6.45, 7) is 1.75. The van der Waals surface area contributed by atoms with Crippen molar-refractivity contribution in [2.75, 3.05) is 18.5 Å². The lowest BCUT2D eigenvalue weighted by molar-refractivity contribution is -0.147. The molecule has 0 saturated carbocycles. The number of amides is 3. The summed E-state index contributed by atoms with van der Waals surface area (Å²) in [5.74, 6) is -1.69. The Morgan fingerprint density at radius 2 is 1.69 bits per heavy atom. The van der Waals surface area contributed by atoms with Crippen molar-refractivity contribution in [1.82, 2.24) is 4.90 Å². The molecule has 0 aromatic heterocycles. The van der Waals surface area contributed by atoms with Gasteiger partial charge in [0.05, 0.1) is 11.1 Å². The molecule has 3 rings (SSSR count). The van der Waals surface area contributed by atoms with Gasteiger partial charge in [-0.25, -0.2) is 0 Å². The highest BCUT2D eigenvalue weighted by atomic mass is 16.5. The van der Waals surface area contributed by atoms with Crippen molar-refractivity contribution in [3.05, 3.63) is 65.2 Å². The van der Waals surface area contributed by atoms with E-state index in [-0.39, 0.29) is 37.8 Å². The van der Waals surface area contributed by atoms with Gasteiger partial charge >= 0.3 is 5.97 Å². The molecule has 0 radical (unpaired) electrons. The normalized spacial score (nSPS) is 12.7. The number of aryl methyl sites for hydroxylation is 1. The molecule has 0 bridgehead atoms. The molecular weight excluding hydrogens is 372 g/mol. The Morgan fingerprint density at radius 3 is 2.34 bits per heavy atom. The van der Waals surface area contributed by atoms with Crippen LogP contribution in [0, 0.1) is 0 Å². The van der Waals surface area contributed by atoms with Crippen LogP contribution in [0.4, 0.5) is 5.69 Å². The van der Waals surface area contributed by atoms with Gasteiger partial charge < -0.3 is 10.1 Å². The van der Waals surface area contributed by atoms with Crippen LogP contribution in [0.5, 0.6) is 0 Å². The standard InChI is InChI=1S/C22H22N2O5/c1-2-15-7-5-8-16(13-15)23-19(25)14-29-20(26)11-6-12-24-21(27)17-9-3-4-10-18(17)22(24)28/h3-5,7-10,13H,2,6,11-12,14H2,1H3,(H,23,25). The molecule has 0 spiro atoms. The van der Waals surface area contributed by atoms with Crippen LogP contribution in [-0.2, 0) is 20.7 Å². The van der Waals surface area contributed by atoms with E-state index in [4.69, 9.17) is 4.74 Å². The molecule has 0 saturated heterocycles. The van der Waals surface area contributed by atoms with Crippen molar-refractivity contribution in [2.24, 2.45) is 0 Å². The number of imide groups is 1. The molecule has 29 heavy (non-hydrogen) atoms. The maximum atomic E-state index is 12.3. The minimum Gasteiger partial charge on any atom is -0.456 e. The van der Waals surface area contributed by atoms with E-state index < -0.39 is 11.9 Å². The van der Waals surface area contributed by atoms with E-state index in [2.05, 4.69) is 5.32 Å². The lowest BCUT2D eigenvalue weighted by atomic mass is 10.1. The lowest BCUT2D eigenvalue weighted by Gasteiger charge is -2.13. The predicted octanol–water partition coefficient (Wildman–Crippen LogP) is 2.81. The quantitative estimate of drug-likeness (QED) is 0.549. The van der Waals surface area contributed by atoms with Crippen LogP contribution >= 0.6 is 0 Å². The van der Waals surface area contributed by atoms with Crippen molar-refractivity contribution >= 4 is 29.4 Å². The van der Waals surface area contributed by atoms with Gasteiger partial charge in [-0.1, -0.05) is 31.2 Å². The second-order valence-corrected chi connectivity index (χ2v) is 6.67. The van der Waals surface area contributed by atoms with Gasteiger partial charge in [-0.05, 0) is 42.7 Å². The molecule has 7 heteroatoms. The number of rotatable bonds is 8. The molecule has 0 fully saturated rings. The van der Waals surface area contributed by atoms with Crippen LogP contribution in [0.1, 0.15) is 46.0 Å². The number of hydrogen-bond acceptors (Lipinski definition) is 5. The van der Waals surface area contributed by atoms with Gasteiger partial charge in [0.1, 0.15) is 0 Å². The Kier molecular flexibility index (Phi) is 6.39. The number of hydrogen-bond donors (Lipinski definition) is 1. The molecule has 1 aliphatic rings. The first kappa shape index (κ1) is 20.3. The van der Waals surface area contributed by atoms with Gasteiger partial charge in [-0.15, -0.1) is 0 Å². The fourth-order valence-electron chi connectivity index (χ4n) is 3.11. The first-order chi connectivity index (χ1) is 14.0. The average Bonchev–Trinajstić information content (AvgIpc) is 2.97. The van der Waals surface area contributed by atoms with E-state index in [1.165, 1.54) is 0 Å². The summed E-state index contributed by atoms with van der Waals surface area (Å²) in [5.41, 5.74) is 2.50. The number of esters is 1. The Morgan fingerprint density at radius 1 is 1.00 bits per heavy atom. The molecule has 0 unspecified atom stereocenters. The minimum atomic E-state index is -0.556. The second-order valence-electron chi connectivity index (χ2n) is 6.67. The summed E-state index contributed by atoms with van der Waals surface area (Å²) in [6.07, 6.45) is 1.13. The molecule has 150 valence electrons. The lowest BCUT2D eigenvalue weighted by Crippen LogP contribution is -2.31. The number of nitrogens with one attached hydrogen (secondary N) is 1. The van der Waals surface area contributed by atoms with Gasteiger partial charge in [0.25, 0.3) is 17.7 Å². The topological polar surface area (TPSA) is 92.8 Å². The van der Waals surface area contributed by atoms with Gasteiger partial charge in [-0.3, -0.25) is 24.1 Å². The van der Waals surface area contributed by atoms with E-state index in [0.29, 0.717) is 16.8 Å². The molecule has 2 aromatic rings. The summed E-state index contributed by atoms with van der Waals surface area (Å²) < 4.78 is 4.97. The summed E-state index contributed by atoms with van der Waals surface area (Å²) in [7, 11) is 0. The monoisotopic (exact) mass is 394 g/mol. The number of carbonyl (C=O) groups excluding carboxylic acids is 4. The van der Waals surface area contributed by atoms with E-state index in [9.17, 15) is 19.2 Å². The van der Waals surface area contributed by atoms with E-state index in [0.717, 1.165) is 16.9 Å². The minimum absolute atomic E-state index is 0.00596. The molecule has 1 heterocycles. The van der Waals surface area contributed by atoms with E-state index in [1.807, 2.05) is 25.1 Å². The molecule has 3 amide bonds. The zero-order valence-corrected chi connectivity index (χ0v) is 16.1. The van der Waals surface area contributed by atoms with Crippen LogP contribution in [0.3, 0.4) is 0 Å². The summed E-state index contributed by atoms with van der Waals surface area (Å²) in [4.78, 5) is 49.4. The van der Waals surface area contributed by atoms with Crippen LogP contribution in [0.2, 0.25) is 0 Å². The summed E-state index contributed by atoms with van der Waals surface area (Å²) >= 11 is 0. The highest BCUT2D eigenvalue weighted by Crippen LogP contribution is 2.22. The number of anilines is 1. The zero-order chi connectivity index (χ0) is 20.8. The van der Waals surface area contributed by atoms with Crippen LogP contribution in [0.15, 0.2) is 48.5 Å². The zero-order valence-electron chi connectivity index (χ0n) is 16.1. The van der Waals surface area contributed by atoms with Gasteiger partial charge in [-0.2, -0.15) is 0 Å². The van der Waals surface area contributed by atoms with Crippen LogP contribution < -0.4 is 5.32 Å². The largest absolute Gasteiger partial charge is 0.456 e. The molecule has 7 nitrogen and oxygen atoms in total. The second kappa shape index (κ2) is 9.14. The molecule has 2 aromatic carbocycles. The Balaban J connectivity index is 1.40. The van der Waals surface area contributed by atoms with Gasteiger partial charge in [0.2, 0.25) is 0 Å². The van der Waals surface area contributed by atoms with E-state index >= 15 is 0 Å². The summed E-state index contributed by atoms with van der Waals surface area (Å²) in [6, 6.07) is 14.1. The maximum absolute atomic E-state index is 12.3. The Labute approximate surface area is 168 Å². The van der Waals surface area contributed by atoms with Gasteiger partial charge in [0, 0.05) is 18.7 Å². The highest BCUT2D eigenvalue weighted by molar-refractivity contribution is 6.21. The van der Waals surface area contributed by atoms with Crippen molar-refractivity contribution < 1.29 is 23.9 Å². The average molecular weight is 394 g/mol. The highest BCUT2D eigenvalue weighted by Gasteiger charge is 2.34. The summed E-state index contributed by atoms with van der Waals surface area (Å²) in [5, 5.41) is 2.68. The molecule has 0 aliphatic carbocycles. The van der Waals surface area contributed by atoms with Crippen molar-refractivity contribution in [3.8, 4) is 0 Å². The first-order valence-corrected chi connectivity index (χ1v) is 9.49. The molecule has 1 aliphatic heterocycles. The number of fused-ring (bicyclic) bond motifs is 1. The van der Waals surface area contributed by atoms with Crippen molar-refractivity contribution in [2.45, 2.75) is 26.2 Å². The third-order valence-electron chi connectivity index (χ3n) is 4.62. The molecular formula is C22H22N2O5. The third-order valence-corrected chi connectivity index (χ3v) is 4.62. The predicted molar refractivity (Wildman–Crippen MR) is 106 cm³/mol. The fourth-order valence-corrected chi connectivity index (χ4v) is 3.11. The molecule has 0 atom stereocenters. The van der Waals surface area contributed by atoms with E-state index in [1.54, 1.807) is 30.3 Å². The number of nitrogens with zero attached hydrogens (tertiary/aromatic N) is 1. The smallest absolute Gasteiger partial charge is 0.306 e. The maximum Gasteiger partial charge on any atom is 0.306 e. The Hall–Kier alpha value is -3.48. The molecule has 1 N–H and O–H groups in total. The van der Waals surface area contributed by atoms with Crippen LogP contribution in [-0.4, -0.2) is 41.7 Å². The third kappa shape index (κ3) is 4.87. The first-order valence-electron chi connectivity index (χ1n) is 9.49. The van der Waals surface area contributed by atoms with Gasteiger partial charge in [0.15, 0.2) is 6.61 Å². The SMILES string of the molecule is CCc1cccc(NC(=O)COC(=O)CCCN2C(=O)c3ccccc3C2=O)c1. The van der Waals surface area contributed by atoms with Crippen molar-refractivity contribution in [1.29, 1.82) is 0 Å². The fraction of sp³-hybridized carbons (Fsp3) is 0.273. The van der Waals surface area contributed by atoms with Crippen molar-refractivity contribution in [3.63, 3.8) is 0 Å². The number of carbonyl (C=O) groups is 4. The Bertz CT molecular complexity index is 919. The number of benzene rings is 2.